The van der Waals surface area contributed by atoms with E-state index in [-0.39, 0.29) is 12.0 Å². The van der Waals surface area contributed by atoms with Gasteiger partial charge < -0.3 is 0 Å². The lowest BCUT2D eigenvalue weighted by Crippen LogP contribution is -2.34. The third-order valence-corrected chi connectivity index (χ3v) is 3.42. The summed E-state index contributed by atoms with van der Waals surface area (Å²) >= 11 is 0. The first kappa shape index (κ1) is 15.1. The number of rotatable bonds is 7. The number of benzene rings is 1. The number of hydrazine groups is 1. The van der Waals surface area contributed by atoms with Gasteiger partial charge in [0.25, 0.3) is 0 Å². The van der Waals surface area contributed by atoms with Gasteiger partial charge in [-0.05, 0) is 18.4 Å². The first-order valence-corrected chi connectivity index (χ1v) is 6.55. The molecule has 1 rings (SSSR count). The Balaban J connectivity index is 2.96. The highest BCUT2D eigenvalue weighted by Crippen LogP contribution is 2.30. The zero-order chi connectivity index (χ0) is 13.5. The minimum Gasteiger partial charge on any atom is -0.271 e. The maximum Gasteiger partial charge on any atom is 0.163 e. The lowest BCUT2D eigenvalue weighted by atomic mass is 9.87. The molecule has 0 saturated heterocycles. The molecule has 0 spiro atoms. The summed E-state index contributed by atoms with van der Waals surface area (Å²) in [5.74, 6) is 4.13. The Morgan fingerprint density at radius 3 is 2.56 bits per heavy atom. The number of unbranched alkanes of at least 4 members (excludes halogenated alkanes) is 1. The molecule has 0 heterocycles. The summed E-state index contributed by atoms with van der Waals surface area (Å²) in [5.41, 5.74) is 2.96. The summed E-state index contributed by atoms with van der Waals surface area (Å²) in [4.78, 5) is 0. The standard InChI is InChI=1S/C14H22F2N2/c1-3-5-7-10(4-2)14(18-17)11-8-6-9-12(15)13(11)16/h6,8-10,14,18H,3-5,7,17H2,1-2H3. The van der Waals surface area contributed by atoms with Crippen LogP contribution in [0.4, 0.5) is 8.78 Å². The molecule has 3 N–H and O–H groups in total. The highest BCUT2D eigenvalue weighted by Gasteiger charge is 2.24. The number of halogens is 2. The Kier molecular flexibility index (Phi) is 6.22. The fraction of sp³-hybridized carbons (Fsp3) is 0.571. The summed E-state index contributed by atoms with van der Waals surface area (Å²) in [7, 11) is 0. The minimum atomic E-state index is -0.821. The predicted octanol–water partition coefficient (Wildman–Crippen LogP) is 3.69. The molecule has 0 amide bonds. The van der Waals surface area contributed by atoms with Crippen molar-refractivity contribution in [2.45, 2.75) is 45.6 Å². The number of hydrogen-bond donors (Lipinski definition) is 2. The summed E-state index contributed by atoms with van der Waals surface area (Å²) in [6, 6.07) is 3.90. The molecule has 0 aliphatic heterocycles. The van der Waals surface area contributed by atoms with E-state index in [2.05, 4.69) is 12.3 Å². The molecule has 18 heavy (non-hydrogen) atoms. The quantitative estimate of drug-likeness (QED) is 0.577. The van der Waals surface area contributed by atoms with Crippen molar-refractivity contribution in [3.05, 3.63) is 35.4 Å². The van der Waals surface area contributed by atoms with Crippen LogP contribution in [0, 0.1) is 17.6 Å². The molecule has 2 atom stereocenters. The van der Waals surface area contributed by atoms with Crippen molar-refractivity contribution < 1.29 is 8.78 Å². The van der Waals surface area contributed by atoms with Crippen LogP contribution in [0.25, 0.3) is 0 Å². The Morgan fingerprint density at radius 2 is 2.00 bits per heavy atom. The normalized spacial score (nSPS) is 14.5. The van der Waals surface area contributed by atoms with E-state index in [4.69, 9.17) is 5.84 Å². The molecule has 1 aromatic rings. The summed E-state index contributed by atoms with van der Waals surface area (Å²) in [5, 5.41) is 0. The van der Waals surface area contributed by atoms with Gasteiger partial charge in [0.05, 0.1) is 6.04 Å². The first-order chi connectivity index (χ1) is 8.65. The van der Waals surface area contributed by atoms with E-state index in [1.165, 1.54) is 6.07 Å². The van der Waals surface area contributed by atoms with Crippen LogP contribution >= 0.6 is 0 Å². The van der Waals surface area contributed by atoms with Crippen LogP contribution in [0.2, 0.25) is 0 Å². The molecule has 0 saturated carbocycles. The van der Waals surface area contributed by atoms with Crippen LogP contribution in [0.3, 0.4) is 0 Å². The fourth-order valence-electron chi connectivity index (χ4n) is 2.31. The molecule has 0 aliphatic rings. The largest absolute Gasteiger partial charge is 0.271 e. The molecule has 2 unspecified atom stereocenters. The van der Waals surface area contributed by atoms with Crippen LogP contribution in [-0.2, 0) is 0 Å². The Hall–Kier alpha value is -1.00. The van der Waals surface area contributed by atoms with Gasteiger partial charge in [-0.1, -0.05) is 45.2 Å². The molecule has 2 nitrogen and oxygen atoms in total. The van der Waals surface area contributed by atoms with Gasteiger partial charge in [-0.15, -0.1) is 0 Å². The SMILES string of the molecule is CCCCC(CC)C(NN)c1cccc(F)c1F. The van der Waals surface area contributed by atoms with Crippen LogP contribution in [-0.4, -0.2) is 0 Å². The second kappa shape index (κ2) is 7.44. The van der Waals surface area contributed by atoms with Gasteiger partial charge in [-0.2, -0.15) is 0 Å². The Labute approximate surface area is 108 Å². The Bertz CT molecular complexity index is 369. The smallest absolute Gasteiger partial charge is 0.163 e. The highest BCUT2D eigenvalue weighted by molar-refractivity contribution is 5.23. The van der Waals surface area contributed by atoms with Gasteiger partial charge >= 0.3 is 0 Å². The topological polar surface area (TPSA) is 38.0 Å². The molecule has 1 aromatic carbocycles. The summed E-state index contributed by atoms with van der Waals surface area (Å²) in [6.07, 6.45) is 3.98. The van der Waals surface area contributed by atoms with Crippen LogP contribution < -0.4 is 11.3 Å². The second-order valence-corrected chi connectivity index (χ2v) is 4.60. The third-order valence-electron chi connectivity index (χ3n) is 3.42. The molecule has 0 bridgehead atoms. The van der Waals surface area contributed by atoms with Crippen LogP contribution in [0.15, 0.2) is 18.2 Å². The van der Waals surface area contributed by atoms with Crippen molar-refractivity contribution in [1.82, 2.24) is 5.43 Å². The van der Waals surface area contributed by atoms with Gasteiger partial charge in [-0.25, -0.2) is 8.78 Å². The number of hydrogen-bond acceptors (Lipinski definition) is 2. The van der Waals surface area contributed by atoms with E-state index < -0.39 is 11.6 Å². The van der Waals surface area contributed by atoms with Gasteiger partial charge in [0, 0.05) is 5.56 Å². The van der Waals surface area contributed by atoms with Gasteiger partial charge in [0.15, 0.2) is 11.6 Å². The third kappa shape index (κ3) is 3.50. The van der Waals surface area contributed by atoms with Crippen molar-refractivity contribution in [3.8, 4) is 0 Å². The molecule has 0 aromatic heterocycles. The van der Waals surface area contributed by atoms with E-state index in [0.717, 1.165) is 31.7 Å². The highest BCUT2D eigenvalue weighted by atomic mass is 19.2. The second-order valence-electron chi connectivity index (χ2n) is 4.60. The predicted molar refractivity (Wildman–Crippen MR) is 69.7 cm³/mol. The van der Waals surface area contributed by atoms with E-state index in [9.17, 15) is 8.78 Å². The van der Waals surface area contributed by atoms with Gasteiger partial charge in [0.2, 0.25) is 0 Å². The zero-order valence-corrected chi connectivity index (χ0v) is 11.0. The van der Waals surface area contributed by atoms with E-state index in [0.29, 0.717) is 5.56 Å². The molecule has 4 heteroatoms. The van der Waals surface area contributed by atoms with E-state index in [1.54, 1.807) is 6.07 Å². The molecule has 0 aliphatic carbocycles. The van der Waals surface area contributed by atoms with Gasteiger partial charge in [0.1, 0.15) is 0 Å². The lowest BCUT2D eigenvalue weighted by molar-refractivity contribution is 0.316. The minimum absolute atomic E-state index is 0.214. The maximum atomic E-state index is 13.8. The monoisotopic (exact) mass is 256 g/mol. The van der Waals surface area contributed by atoms with E-state index >= 15 is 0 Å². The zero-order valence-electron chi connectivity index (χ0n) is 11.0. The summed E-state index contributed by atoms with van der Waals surface area (Å²) < 4.78 is 27.0. The van der Waals surface area contributed by atoms with Crippen LogP contribution in [0.1, 0.15) is 51.1 Å². The summed E-state index contributed by atoms with van der Waals surface area (Å²) in [6.45, 7) is 4.15. The molecule has 0 radical (unpaired) electrons. The molecule has 0 fully saturated rings. The number of nitrogens with two attached hydrogens (primary N) is 1. The Morgan fingerprint density at radius 1 is 1.28 bits per heavy atom. The molecular weight excluding hydrogens is 234 g/mol. The van der Waals surface area contributed by atoms with Crippen molar-refractivity contribution in [1.29, 1.82) is 0 Å². The van der Waals surface area contributed by atoms with Gasteiger partial charge in [-0.3, -0.25) is 11.3 Å². The average Bonchev–Trinajstić information content (AvgIpc) is 2.38. The first-order valence-electron chi connectivity index (χ1n) is 6.55. The fourth-order valence-corrected chi connectivity index (χ4v) is 2.31. The number of nitrogens with one attached hydrogen (secondary N) is 1. The lowest BCUT2D eigenvalue weighted by Gasteiger charge is -2.26. The maximum absolute atomic E-state index is 13.8. The van der Waals surface area contributed by atoms with Crippen molar-refractivity contribution in [2.75, 3.05) is 0 Å². The molecular formula is C14H22F2N2. The van der Waals surface area contributed by atoms with E-state index in [1.807, 2.05) is 6.92 Å². The van der Waals surface area contributed by atoms with Crippen molar-refractivity contribution >= 4 is 0 Å². The van der Waals surface area contributed by atoms with Crippen molar-refractivity contribution in [3.63, 3.8) is 0 Å². The van der Waals surface area contributed by atoms with Crippen LogP contribution in [0.5, 0.6) is 0 Å². The molecule has 102 valence electrons. The average molecular weight is 256 g/mol. The van der Waals surface area contributed by atoms with Crippen molar-refractivity contribution in [2.24, 2.45) is 11.8 Å².